The Labute approximate surface area is 119 Å². The third-order valence-electron chi connectivity index (χ3n) is 3.60. The van der Waals surface area contributed by atoms with Crippen LogP contribution in [0, 0.1) is 5.92 Å². The van der Waals surface area contributed by atoms with Gasteiger partial charge in [0.15, 0.2) is 0 Å². The summed E-state index contributed by atoms with van der Waals surface area (Å²) in [5.74, 6) is -1.48. The summed E-state index contributed by atoms with van der Waals surface area (Å²) in [5, 5.41) is 9.08. The molecule has 1 atom stereocenters. The van der Waals surface area contributed by atoms with E-state index in [1.807, 2.05) is 6.07 Å². The fraction of sp³-hybridized carbons (Fsp3) is 0.500. The van der Waals surface area contributed by atoms with Crippen molar-refractivity contribution in [2.75, 3.05) is 0 Å². The minimum absolute atomic E-state index is 0.144. The van der Waals surface area contributed by atoms with Crippen molar-refractivity contribution in [3.05, 3.63) is 29.3 Å². The van der Waals surface area contributed by atoms with Crippen LogP contribution in [0.1, 0.15) is 31.4 Å². The van der Waals surface area contributed by atoms with Gasteiger partial charge in [-0.2, -0.15) is 4.72 Å². The molecule has 0 spiro atoms. The molecule has 0 saturated carbocycles. The Morgan fingerprint density at radius 2 is 1.90 bits per heavy atom. The number of hydrogen-bond donors (Lipinski definition) is 2. The van der Waals surface area contributed by atoms with E-state index in [0.717, 1.165) is 24.8 Å². The maximum atomic E-state index is 12.3. The Balaban J connectivity index is 2.28. The molecule has 6 heteroatoms. The molecule has 0 radical (unpaired) electrons. The fourth-order valence-corrected chi connectivity index (χ4v) is 3.81. The maximum Gasteiger partial charge on any atom is 0.322 e. The van der Waals surface area contributed by atoms with Crippen LogP contribution < -0.4 is 4.72 Å². The minimum Gasteiger partial charge on any atom is -0.480 e. The smallest absolute Gasteiger partial charge is 0.322 e. The van der Waals surface area contributed by atoms with E-state index in [0.29, 0.717) is 0 Å². The highest BCUT2D eigenvalue weighted by molar-refractivity contribution is 7.89. The van der Waals surface area contributed by atoms with Gasteiger partial charge in [-0.1, -0.05) is 19.9 Å². The monoisotopic (exact) mass is 297 g/mol. The predicted octanol–water partition coefficient (Wildman–Crippen LogP) is 1.56. The molecule has 2 rings (SSSR count). The van der Waals surface area contributed by atoms with Crippen molar-refractivity contribution in [1.82, 2.24) is 4.72 Å². The molecule has 110 valence electrons. The molecule has 0 amide bonds. The van der Waals surface area contributed by atoms with E-state index >= 15 is 0 Å². The zero-order valence-corrected chi connectivity index (χ0v) is 12.4. The number of nitrogens with one attached hydrogen (secondary N) is 1. The van der Waals surface area contributed by atoms with E-state index < -0.39 is 22.0 Å². The van der Waals surface area contributed by atoms with Crippen LogP contribution in [0.3, 0.4) is 0 Å². The van der Waals surface area contributed by atoms with Crippen LogP contribution in [0.25, 0.3) is 0 Å². The first kappa shape index (κ1) is 15.0. The highest BCUT2D eigenvalue weighted by Gasteiger charge is 2.28. The van der Waals surface area contributed by atoms with Gasteiger partial charge in [-0.25, -0.2) is 8.42 Å². The SMILES string of the molecule is CC(C)[C@H](NS(=O)(=O)c1ccc2c(c1)CCC2)C(=O)O. The van der Waals surface area contributed by atoms with Gasteiger partial charge in [-0.3, -0.25) is 4.79 Å². The van der Waals surface area contributed by atoms with Crippen LogP contribution in [-0.2, 0) is 27.7 Å². The molecule has 0 aromatic heterocycles. The van der Waals surface area contributed by atoms with Crippen molar-refractivity contribution in [1.29, 1.82) is 0 Å². The zero-order chi connectivity index (χ0) is 14.9. The molecule has 0 aliphatic heterocycles. The number of benzene rings is 1. The summed E-state index contributed by atoms with van der Waals surface area (Å²) in [6.45, 7) is 3.34. The highest BCUT2D eigenvalue weighted by Crippen LogP contribution is 2.25. The van der Waals surface area contributed by atoms with E-state index in [1.54, 1.807) is 26.0 Å². The molecule has 0 saturated heterocycles. The lowest BCUT2D eigenvalue weighted by Gasteiger charge is -2.18. The van der Waals surface area contributed by atoms with E-state index in [4.69, 9.17) is 5.11 Å². The van der Waals surface area contributed by atoms with Crippen LogP contribution in [0.4, 0.5) is 0 Å². The average molecular weight is 297 g/mol. The molecule has 0 heterocycles. The fourth-order valence-electron chi connectivity index (χ4n) is 2.42. The molecule has 20 heavy (non-hydrogen) atoms. The first-order valence-electron chi connectivity index (χ1n) is 6.68. The lowest BCUT2D eigenvalue weighted by atomic mass is 10.1. The van der Waals surface area contributed by atoms with Gasteiger partial charge in [0, 0.05) is 0 Å². The quantitative estimate of drug-likeness (QED) is 0.864. The summed E-state index contributed by atoms with van der Waals surface area (Å²) in [6.07, 6.45) is 2.90. The molecule has 5 nitrogen and oxygen atoms in total. The number of hydrogen-bond acceptors (Lipinski definition) is 3. The summed E-state index contributed by atoms with van der Waals surface area (Å²) >= 11 is 0. The highest BCUT2D eigenvalue weighted by atomic mass is 32.2. The van der Waals surface area contributed by atoms with Crippen LogP contribution in [0.2, 0.25) is 0 Å². The molecule has 1 aliphatic carbocycles. The maximum absolute atomic E-state index is 12.3. The Morgan fingerprint density at radius 1 is 1.25 bits per heavy atom. The van der Waals surface area contributed by atoms with Crippen LogP contribution in [0.5, 0.6) is 0 Å². The largest absolute Gasteiger partial charge is 0.480 e. The second-order valence-corrected chi connectivity index (χ2v) is 7.18. The number of carboxylic acids is 1. The van der Waals surface area contributed by atoms with Crippen LogP contribution in [0.15, 0.2) is 23.1 Å². The molecular weight excluding hydrogens is 278 g/mol. The lowest BCUT2D eigenvalue weighted by molar-refractivity contribution is -0.140. The van der Waals surface area contributed by atoms with Gasteiger partial charge in [0.1, 0.15) is 6.04 Å². The van der Waals surface area contributed by atoms with Gasteiger partial charge in [0.05, 0.1) is 4.90 Å². The van der Waals surface area contributed by atoms with Gasteiger partial charge >= 0.3 is 5.97 Å². The van der Waals surface area contributed by atoms with Crippen molar-refractivity contribution < 1.29 is 18.3 Å². The van der Waals surface area contributed by atoms with Gasteiger partial charge in [-0.15, -0.1) is 0 Å². The molecule has 0 bridgehead atoms. The summed E-state index contributed by atoms with van der Waals surface area (Å²) in [4.78, 5) is 11.3. The Bertz CT molecular complexity index is 622. The molecule has 0 fully saturated rings. The second kappa shape index (κ2) is 5.54. The summed E-state index contributed by atoms with van der Waals surface area (Å²) in [6, 6.07) is 3.91. The third kappa shape index (κ3) is 3.02. The predicted molar refractivity (Wildman–Crippen MR) is 75.1 cm³/mol. The number of fused-ring (bicyclic) bond motifs is 1. The molecule has 1 aromatic carbocycles. The van der Waals surface area contributed by atoms with Crippen molar-refractivity contribution in [2.45, 2.75) is 44.0 Å². The van der Waals surface area contributed by atoms with Crippen LogP contribution in [-0.4, -0.2) is 25.5 Å². The number of carbonyl (C=O) groups is 1. The second-order valence-electron chi connectivity index (χ2n) is 5.47. The average Bonchev–Trinajstić information content (AvgIpc) is 2.82. The number of rotatable bonds is 5. The molecule has 1 aliphatic rings. The topological polar surface area (TPSA) is 83.5 Å². The zero-order valence-electron chi connectivity index (χ0n) is 11.6. The van der Waals surface area contributed by atoms with Gasteiger partial charge in [0.25, 0.3) is 0 Å². The molecule has 1 aromatic rings. The van der Waals surface area contributed by atoms with Crippen molar-refractivity contribution in [3.8, 4) is 0 Å². The van der Waals surface area contributed by atoms with Crippen molar-refractivity contribution in [3.63, 3.8) is 0 Å². The minimum atomic E-state index is -3.80. The number of carboxylic acid groups (broad SMARTS) is 1. The number of aryl methyl sites for hydroxylation is 2. The lowest BCUT2D eigenvalue weighted by Crippen LogP contribution is -2.44. The van der Waals surface area contributed by atoms with Crippen LogP contribution >= 0.6 is 0 Å². The number of aliphatic carboxylic acids is 1. The van der Waals surface area contributed by atoms with Gasteiger partial charge < -0.3 is 5.11 Å². The van der Waals surface area contributed by atoms with Crippen molar-refractivity contribution in [2.24, 2.45) is 5.92 Å². The first-order valence-corrected chi connectivity index (χ1v) is 8.16. The van der Waals surface area contributed by atoms with Gasteiger partial charge in [-0.05, 0) is 48.4 Å². The van der Waals surface area contributed by atoms with E-state index in [1.165, 1.54) is 5.56 Å². The Morgan fingerprint density at radius 3 is 2.50 bits per heavy atom. The van der Waals surface area contributed by atoms with E-state index in [9.17, 15) is 13.2 Å². The summed E-state index contributed by atoms with van der Waals surface area (Å²) < 4.78 is 26.8. The Hall–Kier alpha value is -1.40. The Kier molecular flexibility index (Phi) is 4.15. The summed E-state index contributed by atoms with van der Waals surface area (Å²) in [7, 11) is -3.80. The molecule has 0 unspecified atom stereocenters. The molecule has 2 N–H and O–H groups in total. The first-order chi connectivity index (χ1) is 9.31. The van der Waals surface area contributed by atoms with E-state index in [2.05, 4.69) is 4.72 Å². The normalized spacial score (nSPS) is 16.1. The van der Waals surface area contributed by atoms with Crippen molar-refractivity contribution >= 4 is 16.0 Å². The summed E-state index contributed by atoms with van der Waals surface area (Å²) in [5.41, 5.74) is 2.23. The molecular formula is C14H19NO4S. The third-order valence-corrected chi connectivity index (χ3v) is 5.03. The van der Waals surface area contributed by atoms with E-state index in [-0.39, 0.29) is 10.8 Å². The van der Waals surface area contributed by atoms with Gasteiger partial charge in [0.2, 0.25) is 10.0 Å². The standard InChI is InChI=1S/C14H19NO4S/c1-9(2)13(14(16)17)15-20(18,19)12-7-6-10-4-3-5-11(10)8-12/h6-9,13,15H,3-5H2,1-2H3,(H,16,17)/t13-/m0/s1. The number of sulfonamides is 1.